The van der Waals surface area contributed by atoms with Crippen LogP contribution in [0.15, 0.2) is 12.2 Å². The molecule has 0 aromatic carbocycles. The summed E-state index contributed by atoms with van der Waals surface area (Å²) in [7, 11) is 0. The molecule has 3 nitrogen and oxygen atoms in total. The third-order valence-electron chi connectivity index (χ3n) is 3.63. The zero-order chi connectivity index (χ0) is 10.7. The van der Waals surface area contributed by atoms with Crippen molar-refractivity contribution in [1.82, 2.24) is 10.6 Å². The van der Waals surface area contributed by atoms with E-state index in [0.29, 0.717) is 6.04 Å². The first-order valence-corrected chi connectivity index (χ1v) is 5.98. The number of hydrogen-bond donors (Lipinski definition) is 2. The van der Waals surface area contributed by atoms with Gasteiger partial charge in [0, 0.05) is 6.04 Å². The Bertz CT molecular complexity index is 259. The zero-order valence-corrected chi connectivity index (χ0v) is 9.38. The fraction of sp³-hybridized carbons (Fsp3) is 0.750. The number of rotatable bonds is 3. The maximum atomic E-state index is 12.2. The molecule has 1 aliphatic heterocycles. The van der Waals surface area contributed by atoms with Crippen molar-refractivity contribution >= 4 is 5.91 Å². The van der Waals surface area contributed by atoms with E-state index in [1.807, 2.05) is 0 Å². The summed E-state index contributed by atoms with van der Waals surface area (Å²) in [6.45, 7) is 3.06. The van der Waals surface area contributed by atoms with E-state index in [1.54, 1.807) is 0 Å². The topological polar surface area (TPSA) is 41.1 Å². The minimum atomic E-state index is -0.275. The highest BCUT2D eigenvalue weighted by molar-refractivity contribution is 5.87. The average molecular weight is 208 g/mol. The Balaban J connectivity index is 1.93. The summed E-state index contributed by atoms with van der Waals surface area (Å²) in [5.74, 6) is 0.205. The summed E-state index contributed by atoms with van der Waals surface area (Å²) in [6.07, 6.45) is 9.26. The number of amides is 1. The van der Waals surface area contributed by atoms with Gasteiger partial charge in [-0.2, -0.15) is 0 Å². The highest BCUT2D eigenvalue weighted by atomic mass is 16.2. The third kappa shape index (κ3) is 2.07. The normalized spacial score (nSPS) is 31.0. The van der Waals surface area contributed by atoms with Gasteiger partial charge in [0.25, 0.3) is 0 Å². The largest absolute Gasteiger partial charge is 0.351 e. The number of carbonyl (C=O) groups excluding carboxylic acids is 1. The molecule has 1 saturated heterocycles. The Hall–Kier alpha value is -0.830. The molecule has 2 aliphatic rings. The minimum absolute atomic E-state index is 0.205. The molecule has 1 fully saturated rings. The van der Waals surface area contributed by atoms with Crippen molar-refractivity contribution in [2.24, 2.45) is 0 Å². The monoisotopic (exact) mass is 208 g/mol. The highest BCUT2D eigenvalue weighted by Gasteiger charge is 2.39. The molecule has 0 aromatic rings. The molecule has 2 N–H and O–H groups in total. The van der Waals surface area contributed by atoms with Gasteiger partial charge in [-0.1, -0.05) is 19.1 Å². The third-order valence-corrected chi connectivity index (χ3v) is 3.63. The van der Waals surface area contributed by atoms with Gasteiger partial charge in [-0.15, -0.1) is 0 Å². The van der Waals surface area contributed by atoms with Crippen molar-refractivity contribution in [2.45, 2.75) is 50.6 Å². The summed E-state index contributed by atoms with van der Waals surface area (Å²) in [5, 5.41) is 6.51. The van der Waals surface area contributed by atoms with Gasteiger partial charge in [-0.3, -0.25) is 4.79 Å². The number of nitrogens with one attached hydrogen (secondary N) is 2. The summed E-state index contributed by atoms with van der Waals surface area (Å²) in [5.41, 5.74) is -0.275. The predicted octanol–water partition coefficient (Wildman–Crippen LogP) is 1.35. The summed E-state index contributed by atoms with van der Waals surface area (Å²) < 4.78 is 0. The second-order valence-electron chi connectivity index (χ2n) is 4.58. The van der Waals surface area contributed by atoms with Crippen molar-refractivity contribution < 1.29 is 4.79 Å². The SMILES string of the molecule is CCC1(C(=O)NC2CC=CC2)CCCN1. The molecular formula is C12H20N2O. The van der Waals surface area contributed by atoms with Gasteiger partial charge in [0.05, 0.1) is 5.54 Å². The van der Waals surface area contributed by atoms with Crippen molar-refractivity contribution in [1.29, 1.82) is 0 Å². The summed E-state index contributed by atoms with van der Waals surface area (Å²) in [4.78, 5) is 12.2. The molecule has 1 aliphatic carbocycles. The second kappa shape index (κ2) is 4.35. The lowest BCUT2D eigenvalue weighted by atomic mass is 9.92. The maximum Gasteiger partial charge on any atom is 0.240 e. The molecule has 1 unspecified atom stereocenters. The van der Waals surface area contributed by atoms with E-state index in [4.69, 9.17) is 0 Å². The van der Waals surface area contributed by atoms with Gasteiger partial charge in [-0.25, -0.2) is 0 Å². The molecule has 1 amide bonds. The van der Waals surface area contributed by atoms with Crippen LogP contribution in [0.4, 0.5) is 0 Å². The van der Waals surface area contributed by atoms with Crippen molar-refractivity contribution in [2.75, 3.05) is 6.54 Å². The lowest BCUT2D eigenvalue weighted by molar-refractivity contribution is -0.127. The Labute approximate surface area is 91.3 Å². The van der Waals surface area contributed by atoms with Gasteiger partial charge in [0.1, 0.15) is 0 Å². The number of carbonyl (C=O) groups is 1. The fourth-order valence-corrected chi connectivity index (χ4v) is 2.52. The molecule has 1 atom stereocenters. The average Bonchev–Trinajstić information content (AvgIpc) is 2.87. The van der Waals surface area contributed by atoms with Crippen LogP contribution in [0.2, 0.25) is 0 Å². The van der Waals surface area contributed by atoms with Gasteiger partial charge in [0.2, 0.25) is 5.91 Å². The smallest absolute Gasteiger partial charge is 0.240 e. The van der Waals surface area contributed by atoms with E-state index >= 15 is 0 Å². The van der Waals surface area contributed by atoms with Crippen LogP contribution in [0.25, 0.3) is 0 Å². The Morgan fingerprint density at radius 2 is 2.27 bits per heavy atom. The molecule has 0 aromatic heterocycles. The van der Waals surface area contributed by atoms with Crippen LogP contribution in [-0.4, -0.2) is 24.0 Å². The summed E-state index contributed by atoms with van der Waals surface area (Å²) in [6, 6.07) is 0.336. The highest BCUT2D eigenvalue weighted by Crippen LogP contribution is 2.24. The van der Waals surface area contributed by atoms with Crippen molar-refractivity contribution in [3.63, 3.8) is 0 Å². The van der Waals surface area contributed by atoms with E-state index in [9.17, 15) is 4.79 Å². The minimum Gasteiger partial charge on any atom is -0.351 e. The first-order chi connectivity index (χ1) is 7.27. The van der Waals surface area contributed by atoms with E-state index in [2.05, 4.69) is 29.7 Å². The number of hydrogen-bond acceptors (Lipinski definition) is 2. The van der Waals surface area contributed by atoms with E-state index in [-0.39, 0.29) is 11.4 Å². The molecule has 84 valence electrons. The van der Waals surface area contributed by atoms with Gasteiger partial charge < -0.3 is 10.6 Å². The molecule has 0 bridgehead atoms. The second-order valence-corrected chi connectivity index (χ2v) is 4.58. The maximum absolute atomic E-state index is 12.2. The molecule has 0 spiro atoms. The van der Waals surface area contributed by atoms with Gasteiger partial charge >= 0.3 is 0 Å². The first-order valence-electron chi connectivity index (χ1n) is 5.98. The molecule has 1 heterocycles. The lowest BCUT2D eigenvalue weighted by Crippen LogP contribution is -2.55. The standard InChI is InChI=1S/C12H20N2O/c1-2-12(8-5-9-13-12)11(15)14-10-6-3-4-7-10/h3-4,10,13H,2,5-9H2,1H3,(H,14,15). The zero-order valence-electron chi connectivity index (χ0n) is 9.38. The van der Waals surface area contributed by atoms with Crippen molar-refractivity contribution in [3.8, 4) is 0 Å². The first kappa shape index (κ1) is 10.7. The van der Waals surface area contributed by atoms with E-state index in [1.165, 1.54) is 0 Å². The van der Waals surface area contributed by atoms with Crippen LogP contribution in [-0.2, 0) is 4.79 Å². The van der Waals surface area contributed by atoms with Crippen LogP contribution in [0, 0.1) is 0 Å². The van der Waals surface area contributed by atoms with Crippen LogP contribution >= 0.6 is 0 Å². The quantitative estimate of drug-likeness (QED) is 0.687. The fourth-order valence-electron chi connectivity index (χ4n) is 2.52. The summed E-state index contributed by atoms with van der Waals surface area (Å²) >= 11 is 0. The van der Waals surface area contributed by atoms with Crippen LogP contribution in [0.3, 0.4) is 0 Å². The Kier molecular flexibility index (Phi) is 3.10. The van der Waals surface area contributed by atoms with Crippen molar-refractivity contribution in [3.05, 3.63) is 12.2 Å². The molecule has 0 radical (unpaired) electrons. The van der Waals surface area contributed by atoms with Gasteiger partial charge in [0.15, 0.2) is 0 Å². The van der Waals surface area contributed by atoms with Crippen LogP contribution in [0.1, 0.15) is 39.0 Å². The van der Waals surface area contributed by atoms with E-state index < -0.39 is 0 Å². The predicted molar refractivity (Wildman–Crippen MR) is 60.6 cm³/mol. The van der Waals surface area contributed by atoms with Gasteiger partial charge in [-0.05, 0) is 38.6 Å². The Morgan fingerprint density at radius 1 is 1.53 bits per heavy atom. The Morgan fingerprint density at radius 3 is 2.80 bits per heavy atom. The molecule has 3 heteroatoms. The lowest BCUT2D eigenvalue weighted by Gasteiger charge is -2.28. The molecule has 2 rings (SSSR count). The van der Waals surface area contributed by atoms with Crippen LogP contribution < -0.4 is 10.6 Å². The molecule has 15 heavy (non-hydrogen) atoms. The van der Waals surface area contributed by atoms with Crippen LogP contribution in [0.5, 0.6) is 0 Å². The molecular weight excluding hydrogens is 188 g/mol. The molecule has 0 saturated carbocycles. The van der Waals surface area contributed by atoms with E-state index in [0.717, 1.165) is 38.6 Å².